The van der Waals surface area contributed by atoms with Crippen LogP contribution in [0.15, 0.2) is 46.2 Å². The molecular formula is C12H11ClN2O2. The average Bonchev–Trinajstić information content (AvgIpc) is 2.34. The largest absolute Gasteiger partial charge is 0.321 e. The molecule has 4 nitrogen and oxygen atoms in total. The van der Waals surface area contributed by atoms with Gasteiger partial charge in [-0.25, -0.2) is 0 Å². The third-order valence-electron chi connectivity index (χ3n) is 2.51. The third-order valence-corrected chi connectivity index (χ3v) is 2.83. The molecule has 1 aromatic carbocycles. The van der Waals surface area contributed by atoms with Crippen molar-refractivity contribution in [1.29, 1.82) is 0 Å². The van der Waals surface area contributed by atoms with E-state index in [1.54, 1.807) is 43.6 Å². The Kier molecular flexibility index (Phi) is 3.15. The van der Waals surface area contributed by atoms with Gasteiger partial charge in [-0.05, 0) is 19.1 Å². The van der Waals surface area contributed by atoms with Gasteiger partial charge >= 0.3 is 11.1 Å². The maximum absolute atomic E-state index is 11.9. The number of benzene rings is 1. The number of halogens is 1. The van der Waals surface area contributed by atoms with Crippen LogP contribution in [0.3, 0.4) is 0 Å². The van der Waals surface area contributed by atoms with Gasteiger partial charge < -0.3 is 4.57 Å². The second kappa shape index (κ2) is 4.59. The molecule has 0 fully saturated rings. The number of para-hydroxylation sites is 1. The van der Waals surface area contributed by atoms with Gasteiger partial charge in [0.25, 0.3) is 0 Å². The molecule has 0 bridgehead atoms. The summed E-state index contributed by atoms with van der Waals surface area (Å²) in [7, 11) is 0. The van der Waals surface area contributed by atoms with Gasteiger partial charge in [0.05, 0.1) is 10.7 Å². The lowest BCUT2D eigenvalue weighted by atomic mass is 10.3. The first-order valence-electron chi connectivity index (χ1n) is 5.22. The van der Waals surface area contributed by atoms with Gasteiger partial charge in [0.15, 0.2) is 0 Å². The summed E-state index contributed by atoms with van der Waals surface area (Å²) in [6.45, 7) is 2.28. The Labute approximate surface area is 103 Å². The molecule has 1 aromatic heterocycles. The lowest BCUT2D eigenvalue weighted by molar-refractivity contribution is 0.693. The van der Waals surface area contributed by atoms with Crippen LogP contribution in [-0.4, -0.2) is 9.13 Å². The molecule has 0 N–H and O–H groups in total. The predicted octanol–water partition coefficient (Wildman–Crippen LogP) is 1.67. The van der Waals surface area contributed by atoms with E-state index in [0.29, 0.717) is 17.3 Å². The normalized spacial score (nSPS) is 10.5. The molecule has 0 spiro atoms. The third kappa shape index (κ3) is 2.03. The Morgan fingerprint density at radius 3 is 2.47 bits per heavy atom. The summed E-state index contributed by atoms with van der Waals surface area (Å²) in [5, 5.41) is 0.434. The smallest absolute Gasteiger partial charge is 0.310 e. The summed E-state index contributed by atoms with van der Waals surface area (Å²) in [6.07, 6.45) is 3.13. The van der Waals surface area contributed by atoms with E-state index in [2.05, 4.69) is 0 Å². The molecule has 0 aliphatic heterocycles. The van der Waals surface area contributed by atoms with Gasteiger partial charge in [0.2, 0.25) is 0 Å². The lowest BCUT2D eigenvalue weighted by Gasteiger charge is -2.08. The van der Waals surface area contributed by atoms with Crippen LogP contribution in [0.1, 0.15) is 6.92 Å². The summed E-state index contributed by atoms with van der Waals surface area (Å²) in [5.74, 6) is 0. The van der Waals surface area contributed by atoms with Crippen LogP contribution in [0, 0.1) is 0 Å². The fourth-order valence-corrected chi connectivity index (χ4v) is 1.82. The van der Waals surface area contributed by atoms with E-state index in [1.165, 1.54) is 9.13 Å². The van der Waals surface area contributed by atoms with Gasteiger partial charge in [-0.3, -0.25) is 14.2 Å². The first-order valence-corrected chi connectivity index (χ1v) is 5.60. The highest BCUT2D eigenvalue weighted by atomic mass is 35.5. The maximum atomic E-state index is 11.9. The molecule has 2 aromatic rings. The number of nitrogens with zero attached hydrogens (tertiary/aromatic N) is 2. The van der Waals surface area contributed by atoms with E-state index in [-0.39, 0.29) is 0 Å². The topological polar surface area (TPSA) is 44.0 Å². The Bertz CT molecular complexity index is 658. The van der Waals surface area contributed by atoms with E-state index in [4.69, 9.17) is 11.6 Å². The molecule has 1 heterocycles. The molecule has 0 amide bonds. The molecule has 0 radical (unpaired) electrons. The number of aryl methyl sites for hydroxylation is 1. The lowest BCUT2D eigenvalue weighted by Crippen LogP contribution is -2.39. The summed E-state index contributed by atoms with van der Waals surface area (Å²) in [4.78, 5) is 23.6. The molecule has 5 heteroatoms. The fraction of sp³-hybridized carbons (Fsp3) is 0.167. The van der Waals surface area contributed by atoms with Crippen LogP contribution >= 0.6 is 11.6 Å². The molecule has 0 atom stereocenters. The van der Waals surface area contributed by atoms with Crippen molar-refractivity contribution in [1.82, 2.24) is 9.13 Å². The molecule has 88 valence electrons. The van der Waals surface area contributed by atoms with Crippen molar-refractivity contribution < 1.29 is 0 Å². The first-order chi connectivity index (χ1) is 8.15. The monoisotopic (exact) mass is 250 g/mol. The zero-order valence-corrected chi connectivity index (χ0v) is 10.0. The van der Waals surface area contributed by atoms with E-state index in [1.807, 2.05) is 0 Å². The summed E-state index contributed by atoms with van der Waals surface area (Å²) < 4.78 is 2.62. The van der Waals surface area contributed by atoms with E-state index in [0.717, 1.165) is 0 Å². The van der Waals surface area contributed by atoms with Gasteiger partial charge in [0, 0.05) is 18.9 Å². The van der Waals surface area contributed by atoms with Crippen LogP contribution < -0.4 is 11.1 Å². The number of rotatable bonds is 2. The van der Waals surface area contributed by atoms with Crippen LogP contribution in [0.25, 0.3) is 5.69 Å². The highest BCUT2D eigenvalue weighted by molar-refractivity contribution is 6.32. The summed E-state index contributed by atoms with van der Waals surface area (Å²) >= 11 is 5.99. The summed E-state index contributed by atoms with van der Waals surface area (Å²) in [6, 6.07) is 6.90. The molecule has 0 unspecified atom stereocenters. The maximum Gasteiger partial charge on any atom is 0.321 e. The molecule has 2 rings (SSSR count). The van der Waals surface area contributed by atoms with Crippen LogP contribution in [0.2, 0.25) is 5.02 Å². The van der Waals surface area contributed by atoms with Crippen molar-refractivity contribution in [3.63, 3.8) is 0 Å². The molecule has 0 aliphatic carbocycles. The Balaban J connectivity index is 2.71. The minimum atomic E-state index is -0.595. The van der Waals surface area contributed by atoms with Crippen LogP contribution in [0.5, 0.6) is 0 Å². The van der Waals surface area contributed by atoms with Crippen molar-refractivity contribution in [3.05, 3.63) is 62.4 Å². The Morgan fingerprint density at radius 2 is 1.82 bits per heavy atom. The second-order valence-corrected chi connectivity index (χ2v) is 3.92. The molecule has 0 saturated carbocycles. The van der Waals surface area contributed by atoms with E-state index in [9.17, 15) is 9.59 Å². The standard InChI is InChI=1S/C12H11ClN2O2/c1-2-14-7-8-15(12(17)11(14)16)10-6-4-3-5-9(10)13/h3-8H,2H2,1H3. The molecule has 0 saturated heterocycles. The quantitative estimate of drug-likeness (QED) is 0.761. The molecule has 17 heavy (non-hydrogen) atoms. The first kappa shape index (κ1) is 11.7. The SMILES string of the molecule is CCn1ccn(-c2ccccc2Cl)c(=O)c1=O. The van der Waals surface area contributed by atoms with Crippen LogP contribution in [0.4, 0.5) is 0 Å². The van der Waals surface area contributed by atoms with Crippen LogP contribution in [-0.2, 0) is 6.54 Å². The van der Waals surface area contributed by atoms with Crippen molar-refractivity contribution in [3.8, 4) is 5.69 Å². The van der Waals surface area contributed by atoms with Gasteiger partial charge in [-0.15, -0.1) is 0 Å². The minimum absolute atomic E-state index is 0.434. The van der Waals surface area contributed by atoms with Crippen molar-refractivity contribution >= 4 is 11.6 Å². The van der Waals surface area contributed by atoms with Crippen molar-refractivity contribution in [2.45, 2.75) is 13.5 Å². The van der Waals surface area contributed by atoms with Gasteiger partial charge in [0.1, 0.15) is 0 Å². The Hall–Kier alpha value is -1.81. The zero-order chi connectivity index (χ0) is 12.4. The number of hydrogen-bond donors (Lipinski definition) is 0. The highest BCUT2D eigenvalue weighted by Gasteiger charge is 2.07. The minimum Gasteiger partial charge on any atom is -0.310 e. The zero-order valence-electron chi connectivity index (χ0n) is 9.26. The highest BCUT2D eigenvalue weighted by Crippen LogP contribution is 2.17. The van der Waals surface area contributed by atoms with Gasteiger partial charge in [-0.1, -0.05) is 23.7 Å². The number of aromatic nitrogens is 2. The predicted molar refractivity (Wildman–Crippen MR) is 67.0 cm³/mol. The van der Waals surface area contributed by atoms with Crippen molar-refractivity contribution in [2.75, 3.05) is 0 Å². The Morgan fingerprint density at radius 1 is 1.12 bits per heavy atom. The van der Waals surface area contributed by atoms with Gasteiger partial charge in [-0.2, -0.15) is 0 Å². The molecular weight excluding hydrogens is 240 g/mol. The number of hydrogen-bond acceptors (Lipinski definition) is 2. The van der Waals surface area contributed by atoms with E-state index < -0.39 is 11.1 Å². The second-order valence-electron chi connectivity index (χ2n) is 3.52. The molecule has 0 aliphatic rings. The average molecular weight is 251 g/mol. The van der Waals surface area contributed by atoms with Crippen molar-refractivity contribution in [2.24, 2.45) is 0 Å². The fourth-order valence-electron chi connectivity index (χ4n) is 1.59. The van der Waals surface area contributed by atoms with E-state index >= 15 is 0 Å². The summed E-state index contributed by atoms with van der Waals surface area (Å²) in [5.41, 5.74) is -0.628.